The first-order valence-electron chi connectivity index (χ1n) is 16.0. The minimum atomic E-state index is -0.213. The fraction of sp³-hybridized carbons (Fsp3) is 0.333. The molecule has 0 amide bonds. The summed E-state index contributed by atoms with van der Waals surface area (Å²) < 4.78 is 5.42. The predicted octanol–water partition coefficient (Wildman–Crippen LogP) is 5.48. The standard InChI is InChI=1S/C36H37ClN8O/c1-3-22-16-39-35-27(33(22)41-31(4-2)23-9-6-5-7-10-23)13-25(14-30(35)37)40-34(24-11-8-12-38-15-24)32-19-45(43-42-32)36-28-17-44(18-29(28)36)26-20-46-21-26/h1,5-16,19,26,28-29,31,34,36,40,42-43H,4,17-18,20-21H2,2H3,(H,39,41)/t28-,29+,31-,34+,36?/m1/s1. The quantitative estimate of drug-likeness (QED) is 0.170. The number of aromatic nitrogens is 2. The van der Waals surface area contributed by atoms with E-state index in [1.165, 1.54) is 5.56 Å². The summed E-state index contributed by atoms with van der Waals surface area (Å²) in [6, 6.07) is 19.4. The molecule has 0 spiro atoms. The lowest BCUT2D eigenvalue weighted by Crippen LogP contribution is -2.50. The first-order chi connectivity index (χ1) is 22.6. The normalized spacial score (nSPS) is 23.5. The summed E-state index contributed by atoms with van der Waals surface area (Å²) >= 11 is 6.93. The second-order valence-corrected chi connectivity index (χ2v) is 13.0. The van der Waals surface area contributed by atoms with E-state index in [1.54, 1.807) is 12.4 Å². The van der Waals surface area contributed by atoms with Crippen LogP contribution in [0.15, 0.2) is 85.1 Å². The van der Waals surface area contributed by atoms with E-state index in [-0.39, 0.29) is 12.1 Å². The Hall–Kier alpha value is -4.33. The van der Waals surface area contributed by atoms with Gasteiger partial charge in [0.25, 0.3) is 0 Å². The van der Waals surface area contributed by atoms with Crippen molar-refractivity contribution in [3.8, 4) is 12.3 Å². The van der Waals surface area contributed by atoms with Crippen molar-refractivity contribution in [2.75, 3.05) is 36.9 Å². The first-order valence-corrected chi connectivity index (χ1v) is 16.4. The number of pyridine rings is 2. The molecule has 2 saturated heterocycles. The van der Waals surface area contributed by atoms with Gasteiger partial charge < -0.3 is 20.8 Å². The number of hydrogen-bond acceptors (Lipinski definition) is 9. The Labute approximate surface area is 274 Å². The van der Waals surface area contributed by atoms with Crippen LogP contribution in [0.3, 0.4) is 0 Å². The molecule has 234 valence electrons. The van der Waals surface area contributed by atoms with Gasteiger partial charge in [-0.05, 0) is 47.6 Å². The molecule has 1 saturated carbocycles. The highest BCUT2D eigenvalue weighted by molar-refractivity contribution is 6.35. The van der Waals surface area contributed by atoms with Crippen molar-refractivity contribution in [3.05, 3.63) is 107 Å². The maximum atomic E-state index is 6.93. The Morgan fingerprint density at radius 2 is 1.87 bits per heavy atom. The smallest absolute Gasteiger partial charge is 0.0959 e. The summed E-state index contributed by atoms with van der Waals surface area (Å²) in [5, 5.41) is 11.1. The fourth-order valence-corrected chi connectivity index (χ4v) is 7.53. The van der Waals surface area contributed by atoms with Gasteiger partial charge in [-0.2, -0.15) is 0 Å². The van der Waals surface area contributed by atoms with E-state index in [4.69, 9.17) is 22.8 Å². The number of hydrazine groups is 2. The Morgan fingerprint density at radius 1 is 1.07 bits per heavy atom. The van der Waals surface area contributed by atoms with Gasteiger partial charge in [0.2, 0.25) is 0 Å². The Bertz CT molecular complexity index is 1800. The number of hydrogen-bond donors (Lipinski definition) is 4. The Kier molecular flexibility index (Phi) is 7.67. The van der Waals surface area contributed by atoms with Gasteiger partial charge in [0.15, 0.2) is 0 Å². The summed E-state index contributed by atoms with van der Waals surface area (Å²) in [5.74, 6) is 4.17. The highest BCUT2D eigenvalue weighted by Gasteiger charge is 2.60. The molecule has 4 aliphatic rings. The Balaban J connectivity index is 1.09. The van der Waals surface area contributed by atoms with Crippen molar-refractivity contribution in [2.45, 2.75) is 37.5 Å². The second-order valence-electron chi connectivity index (χ2n) is 12.6. The largest absolute Gasteiger partial charge is 0.378 e. The molecule has 1 unspecified atom stereocenters. The molecule has 4 aromatic rings. The number of benzene rings is 2. The average molecular weight is 633 g/mol. The zero-order valence-corrected chi connectivity index (χ0v) is 26.4. The fourth-order valence-electron chi connectivity index (χ4n) is 7.27. The number of likely N-dealkylation sites (tertiary alicyclic amines) is 1. The van der Waals surface area contributed by atoms with Crippen LogP contribution >= 0.6 is 11.6 Å². The van der Waals surface area contributed by atoms with Crippen LogP contribution in [-0.4, -0.2) is 58.3 Å². The number of halogens is 1. The van der Waals surface area contributed by atoms with Gasteiger partial charge in [-0.25, -0.2) is 0 Å². The van der Waals surface area contributed by atoms with Crippen LogP contribution in [0.5, 0.6) is 0 Å². The molecule has 9 nitrogen and oxygen atoms in total. The minimum Gasteiger partial charge on any atom is -0.378 e. The van der Waals surface area contributed by atoms with Crippen molar-refractivity contribution in [1.82, 2.24) is 30.8 Å². The lowest BCUT2D eigenvalue weighted by molar-refractivity contribution is -0.0625. The molecule has 4 N–H and O–H groups in total. The number of nitrogens with one attached hydrogen (secondary N) is 4. The van der Waals surface area contributed by atoms with Gasteiger partial charge in [0.05, 0.1) is 64.9 Å². The molecular weight excluding hydrogens is 596 g/mol. The van der Waals surface area contributed by atoms with Crippen molar-refractivity contribution in [2.24, 2.45) is 11.8 Å². The van der Waals surface area contributed by atoms with E-state index in [0.29, 0.717) is 40.0 Å². The molecule has 0 bridgehead atoms. The third-order valence-corrected chi connectivity index (χ3v) is 10.2. The molecule has 2 aromatic heterocycles. The van der Waals surface area contributed by atoms with E-state index < -0.39 is 0 Å². The minimum absolute atomic E-state index is 0.0679. The summed E-state index contributed by atoms with van der Waals surface area (Å²) in [7, 11) is 0. The maximum absolute atomic E-state index is 6.93. The topological polar surface area (TPSA) is 89.6 Å². The number of anilines is 2. The van der Waals surface area contributed by atoms with Gasteiger partial charge >= 0.3 is 0 Å². The third-order valence-electron chi connectivity index (χ3n) is 9.89. The molecule has 0 radical (unpaired) electrons. The number of nitrogens with zero attached hydrogens (tertiary/aromatic N) is 4. The van der Waals surface area contributed by atoms with E-state index in [0.717, 1.165) is 60.7 Å². The van der Waals surface area contributed by atoms with Crippen LogP contribution in [0.25, 0.3) is 10.9 Å². The van der Waals surface area contributed by atoms with Crippen LogP contribution in [-0.2, 0) is 4.74 Å². The number of rotatable bonds is 10. The van der Waals surface area contributed by atoms with Crippen molar-refractivity contribution < 1.29 is 4.74 Å². The van der Waals surface area contributed by atoms with E-state index in [2.05, 4.69) is 96.9 Å². The maximum Gasteiger partial charge on any atom is 0.0959 e. The number of piperidine rings is 1. The number of ether oxygens (including phenoxy) is 1. The summed E-state index contributed by atoms with van der Waals surface area (Å²) in [6.07, 6.45) is 14.5. The zero-order chi connectivity index (χ0) is 31.2. The second kappa shape index (κ2) is 12.1. The molecule has 8 rings (SSSR count). The molecule has 10 heteroatoms. The highest BCUT2D eigenvalue weighted by atomic mass is 35.5. The average Bonchev–Trinajstić information content (AvgIpc) is 3.36. The SMILES string of the molecule is C#Cc1cnc2c(Cl)cc(N[C@H](C3=CN(C4[C@H]5CN(C6COC6)C[C@@H]45)NN3)c3cccnc3)cc2c1N[C@H](CC)c1ccccc1. The lowest BCUT2D eigenvalue weighted by atomic mass is 10.0. The molecular formula is C36H37ClN8O. The van der Waals surface area contributed by atoms with Crippen LogP contribution in [0.1, 0.15) is 42.1 Å². The van der Waals surface area contributed by atoms with Gasteiger partial charge in [0.1, 0.15) is 0 Å². The molecule has 5 heterocycles. The molecule has 46 heavy (non-hydrogen) atoms. The number of terminal acetylenes is 1. The summed E-state index contributed by atoms with van der Waals surface area (Å²) in [6.45, 7) is 6.18. The van der Waals surface area contributed by atoms with Crippen LogP contribution in [0.4, 0.5) is 11.4 Å². The van der Waals surface area contributed by atoms with Crippen molar-refractivity contribution in [3.63, 3.8) is 0 Å². The van der Waals surface area contributed by atoms with Crippen molar-refractivity contribution >= 4 is 33.9 Å². The van der Waals surface area contributed by atoms with Crippen LogP contribution in [0.2, 0.25) is 5.02 Å². The van der Waals surface area contributed by atoms with E-state index in [1.807, 2.05) is 24.4 Å². The predicted molar refractivity (Wildman–Crippen MR) is 182 cm³/mol. The van der Waals surface area contributed by atoms with E-state index in [9.17, 15) is 0 Å². The molecule has 5 atom stereocenters. The van der Waals surface area contributed by atoms with Crippen molar-refractivity contribution in [1.29, 1.82) is 0 Å². The number of fused-ring (bicyclic) bond motifs is 2. The Morgan fingerprint density at radius 3 is 2.57 bits per heavy atom. The molecule has 2 aromatic carbocycles. The van der Waals surface area contributed by atoms with Crippen LogP contribution in [0, 0.1) is 24.2 Å². The van der Waals surface area contributed by atoms with E-state index >= 15 is 0 Å². The van der Waals surface area contributed by atoms with Gasteiger partial charge in [-0.15, -0.1) is 12.0 Å². The van der Waals surface area contributed by atoms with Gasteiger partial charge in [-0.3, -0.25) is 19.9 Å². The zero-order valence-electron chi connectivity index (χ0n) is 25.7. The summed E-state index contributed by atoms with van der Waals surface area (Å²) in [5.41, 5.74) is 13.2. The van der Waals surface area contributed by atoms with Gasteiger partial charge in [0, 0.05) is 49.0 Å². The first kappa shape index (κ1) is 29.1. The third kappa shape index (κ3) is 5.31. The molecule has 3 aliphatic heterocycles. The lowest BCUT2D eigenvalue weighted by Gasteiger charge is -2.36. The summed E-state index contributed by atoms with van der Waals surface area (Å²) in [4.78, 5) is 11.7. The van der Waals surface area contributed by atoms with Gasteiger partial charge in [-0.1, -0.05) is 60.8 Å². The molecule has 1 aliphatic carbocycles. The highest BCUT2D eigenvalue weighted by Crippen LogP contribution is 2.50. The monoisotopic (exact) mass is 632 g/mol. The van der Waals surface area contributed by atoms with Crippen LogP contribution < -0.4 is 21.6 Å². The molecule has 3 fully saturated rings.